The highest BCUT2D eigenvalue weighted by molar-refractivity contribution is 7.85. The fraction of sp³-hybridized carbons (Fsp3) is 0.154. The smallest absolute Gasteiger partial charge is 0.294 e. The quantitative estimate of drug-likeness (QED) is 0.840. The van der Waals surface area contributed by atoms with Crippen molar-refractivity contribution in [2.24, 2.45) is 0 Å². The molecule has 2 N–H and O–H groups in total. The topological polar surface area (TPSA) is 83.5 Å². The molecule has 0 aliphatic rings. The summed E-state index contributed by atoms with van der Waals surface area (Å²) in [7, 11) is -4.24. The Morgan fingerprint density at radius 3 is 2.63 bits per heavy atom. The van der Waals surface area contributed by atoms with Crippen LogP contribution in [0.1, 0.15) is 17.3 Å². The highest BCUT2D eigenvalue weighted by atomic mass is 32.2. The van der Waals surface area contributed by atoms with Gasteiger partial charge in [0.2, 0.25) is 0 Å². The molecule has 0 aliphatic heterocycles. The average Bonchev–Trinajstić information content (AvgIpc) is 2.36. The number of nitrogens with one attached hydrogen (secondary N) is 1. The van der Waals surface area contributed by atoms with Crippen molar-refractivity contribution in [1.82, 2.24) is 5.32 Å². The van der Waals surface area contributed by atoms with Gasteiger partial charge in [0.25, 0.3) is 16.0 Å². The third-order valence-corrected chi connectivity index (χ3v) is 3.58. The fourth-order valence-electron chi connectivity index (χ4n) is 1.88. The predicted molar refractivity (Wildman–Crippen MR) is 71.8 cm³/mol. The summed E-state index contributed by atoms with van der Waals surface area (Å²) >= 11 is 0. The lowest BCUT2D eigenvalue weighted by Crippen LogP contribution is -2.22. The van der Waals surface area contributed by atoms with Gasteiger partial charge in [-0.3, -0.25) is 9.35 Å². The van der Waals surface area contributed by atoms with Crippen LogP contribution < -0.4 is 5.32 Å². The molecule has 6 heteroatoms. The minimum Gasteiger partial charge on any atom is -0.352 e. The number of carbonyl (C=O) groups is 1. The molecular formula is C13H13NO4S. The molecule has 2 aromatic carbocycles. The van der Waals surface area contributed by atoms with Crippen LogP contribution in [0.5, 0.6) is 0 Å². The molecule has 2 aromatic rings. The number of hydrogen-bond acceptors (Lipinski definition) is 3. The van der Waals surface area contributed by atoms with Gasteiger partial charge in [-0.2, -0.15) is 8.42 Å². The standard InChI is InChI=1S/C13H13NO4S/c1-2-14-13(15)12-5-3-4-9-8-10(19(16,17)18)6-7-11(9)12/h3-8H,2H2,1H3,(H,14,15)(H,16,17,18). The third kappa shape index (κ3) is 2.74. The number of benzene rings is 2. The summed E-state index contributed by atoms with van der Waals surface area (Å²) in [6.45, 7) is 2.33. The van der Waals surface area contributed by atoms with Crippen molar-refractivity contribution in [3.05, 3.63) is 42.0 Å². The molecule has 0 heterocycles. The summed E-state index contributed by atoms with van der Waals surface area (Å²) in [6.07, 6.45) is 0. The van der Waals surface area contributed by atoms with E-state index in [1.807, 2.05) is 6.92 Å². The summed E-state index contributed by atoms with van der Waals surface area (Å²) in [5, 5.41) is 3.91. The molecule has 0 saturated carbocycles. The molecule has 0 atom stereocenters. The van der Waals surface area contributed by atoms with E-state index in [0.717, 1.165) is 0 Å². The maximum absolute atomic E-state index is 11.9. The van der Waals surface area contributed by atoms with E-state index < -0.39 is 10.1 Å². The number of hydrogen-bond donors (Lipinski definition) is 2. The van der Waals surface area contributed by atoms with Crippen molar-refractivity contribution in [1.29, 1.82) is 0 Å². The molecule has 0 saturated heterocycles. The van der Waals surface area contributed by atoms with E-state index in [2.05, 4.69) is 5.32 Å². The molecule has 0 unspecified atom stereocenters. The first-order chi connectivity index (χ1) is 8.93. The van der Waals surface area contributed by atoms with Crippen molar-refractivity contribution >= 4 is 26.8 Å². The highest BCUT2D eigenvalue weighted by Crippen LogP contribution is 2.22. The van der Waals surface area contributed by atoms with Crippen LogP contribution >= 0.6 is 0 Å². The molecule has 0 fully saturated rings. The second-order valence-electron chi connectivity index (χ2n) is 4.02. The van der Waals surface area contributed by atoms with Gasteiger partial charge in [0.15, 0.2) is 0 Å². The first kappa shape index (κ1) is 13.5. The van der Waals surface area contributed by atoms with E-state index in [-0.39, 0.29) is 10.8 Å². The zero-order chi connectivity index (χ0) is 14.0. The van der Waals surface area contributed by atoms with E-state index in [1.165, 1.54) is 18.2 Å². The average molecular weight is 279 g/mol. The van der Waals surface area contributed by atoms with Crippen LogP contribution in [0.4, 0.5) is 0 Å². The van der Waals surface area contributed by atoms with Crippen LogP contribution in [0.2, 0.25) is 0 Å². The first-order valence-corrected chi connectivity index (χ1v) is 7.16. The Kier molecular flexibility index (Phi) is 3.55. The Hall–Kier alpha value is -1.92. The van der Waals surface area contributed by atoms with Gasteiger partial charge >= 0.3 is 0 Å². The zero-order valence-electron chi connectivity index (χ0n) is 10.3. The minimum atomic E-state index is -4.24. The molecule has 0 bridgehead atoms. The summed E-state index contributed by atoms with van der Waals surface area (Å²) in [5.74, 6) is -0.215. The minimum absolute atomic E-state index is 0.187. The molecule has 0 aromatic heterocycles. The third-order valence-electron chi connectivity index (χ3n) is 2.73. The Morgan fingerprint density at radius 1 is 1.26 bits per heavy atom. The van der Waals surface area contributed by atoms with Gasteiger partial charge in [-0.25, -0.2) is 0 Å². The van der Waals surface area contributed by atoms with E-state index in [0.29, 0.717) is 22.9 Å². The lowest BCUT2D eigenvalue weighted by atomic mass is 10.0. The highest BCUT2D eigenvalue weighted by Gasteiger charge is 2.13. The fourth-order valence-corrected chi connectivity index (χ4v) is 2.39. The monoisotopic (exact) mass is 279 g/mol. The second kappa shape index (κ2) is 4.99. The number of amides is 1. The maximum Gasteiger partial charge on any atom is 0.294 e. The normalized spacial score (nSPS) is 11.5. The van der Waals surface area contributed by atoms with Crippen molar-refractivity contribution in [2.75, 3.05) is 6.54 Å². The number of rotatable bonds is 3. The van der Waals surface area contributed by atoms with E-state index in [9.17, 15) is 13.2 Å². The van der Waals surface area contributed by atoms with Crippen molar-refractivity contribution in [3.63, 3.8) is 0 Å². The largest absolute Gasteiger partial charge is 0.352 e. The number of fused-ring (bicyclic) bond motifs is 1. The van der Waals surface area contributed by atoms with Gasteiger partial charge in [-0.05, 0) is 35.9 Å². The van der Waals surface area contributed by atoms with Gasteiger partial charge in [0.05, 0.1) is 4.90 Å². The molecule has 0 spiro atoms. The Balaban J connectivity index is 2.62. The molecule has 19 heavy (non-hydrogen) atoms. The number of carbonyl (C=O) groups excluding carboxylic acids is 1. The van der Waals surface area contributed by atoms with E-state index in [1.54, 1.807) is 18.2 Å². The van der Waals surface area contributed by atoms with Crippen molar-refractivity contribution in [2.45, 2.75) is 11.8 Å². The van der Waals surface area contributed by atoms with Crippen molar-refractivity contribution in [3.8, 4) is 0 Å². The summed E-state index contributed by atoms with van der Waals surface area (Å²) < 4.78 is 31.2. The maximum atomic E-state index is 11.9. The predicted octanol–water partition coefficient (Wildman–Crippen LogP) is 1.84. The van der Waals surface area contributed by atoms with Crippen LogP contribution in [0.3, 0.4) is 0 Å². The molecule has 0 aliphatic carbocycles. The Morgan fingerprint density at radius 2 is 2.00 bits per heavy atom. The van der Waals surface area contributed by atoms with Crippen LogP contribution in [-0.4, -0.2) is 25.4 Å². The molecule has 2 rings (SSSR count). The zero-order valence-corrected chi connectivity index (χ0v) is 11.1. The first-order valence-electron chi connectivity index (χ1n) is 5.72. The summed E-state index contributed by atoms with van der Waals surface area (Å²) in [6, 6.07) is 9.16. The van der Waals surface area contributed by atoms with Gasteiger partial charge in [0, 0.05) is 12.1 Å². The molecule has 100 valence electrons. The molecule has 1 amide bonds. The SMILES string of the molecule is CCNC(=O)c1cccc2cc(S(=O)(=O)O)ccc12. The molecule has 0 radical (unpaired) electrons. The van der Waals surface area contributed by atoms with Gasteiger partial charge in [0.1, 0.15) is 0 Å². The van der Waals surface area contributed by atoms with Crippen LogP contribution in [0.25, 0.3) is 10.8 Å². The Bertz CT molecular complexity index is 737. The second-order valence-corrected chi connectivity index (χ2v) is 5.44. The summed E-state index contributed by atoms with van der Waals surface area (Å²) in [4.78, 5) is 11.7. The van der Waals surface area contributed by atoms with Crippen molar-refractivity contribution < 1.29 is 17.8 Å². The van der Waals surface area contributed by atoms with Gasteiger partial charge in [-0.1, -0.05) is 18.2 Å². The van der Waals surface area contributed by atoms with Gasteiger partial charge in [-0.15, -0.1) is 0 Å². The van der Waals surface area contributed by atoms with Crippen LogP contribution in [0.15, 0.2) is 41.3 Å². The van der Waals surface area contributed by atoms with E-state index >= 15 is 0 Å². The molecular weight excluding hydrogens is 266 g/mol. The van der Waals surface area contributed by atoms with Crippen LogP contribution in [0, 0.1) is 0 Å². The van der Waals surface area contributed by atoms with Crippen LogP contribution in [-0.2, 0) is 10.1 Å². The Labute approximate surface area is 111 Å². The molecule has 5 nitrogen and oxygen atoms in total. The van der Waals surface area contributed by atoms with E-state index in [4.69, 9.17) is 4.55 Å². The lowest BCUT2D eigenvalue weighted by Gasteiger charge is -2.07. The summed E-state index contributed by atoms with van der Waals surface area (Å²) in [5.41, 5.74) is 0.473. The lowest BCUT2D eigenvalue weighted by molar-refractivity contribution is 0.0957. The van der Waals surface area contributed by atoms with Gasteiger partial charge < -0.3 is 5.32 Å².